The van der Waals surface area contributed by atoms with Crippen LogP contribution in [0.25, 0.3) is 0 Å². The van der Waals surface area contributed by atoms with Crippen molar-refractivity contribution in [1.29, 1.82) is 0 Å². The van der Waals surface area contributed by atoms with Gasteiger partial charge in [-0.05, 0) is 54.8 Å². The van der Waals surface area contributed by atoms with E-state index in [9.17, 15) is 4.79 Å². The topological polar surface area (TPSA) is 47.6 Å². The Morgan fingerprint density at radius 1 is 1.04 bits per heavy atom. The van der Waals surface area contributed by atoms with E-state index >= 15 is 0 Å². The average Bonchev–Trinajstić information content (AvgIpc) is 2.58. The highest BCUT2D eigenvalue weighted by atomic mass is 35.5. The van der Waals surface area contributed by atoms with E-state index in [1.807, 2.05) is 18.2 Å². The molecule has 0 aliphatic carbocycles. The maximum Gasteiger partial charge on any atom is 0.251 e. The first kappa shape index (κ1) is 17.2. The lowest BCUT2D eigenvalue weighted by molar-refractivity contribution is 0.0953. The number of nitrogens with one attached hydrogen (secondary N) is 1. The molecule has 0 unspecified atom stereocenters. The van der Waals surface area contributed by atoms with Gasteiger partial charge in [-0.2, -0.15) is 0 Å². The van der Waals surface area contributed by atoms with Crippen LogP contribution in [0.1, 0.15) is 22.3 Å². The molecule has 0 aromatic heterocycles. The van der Waals surface area contributed by atoms with Crippen LogP contribution in [0.5, 0.6) is 11.5 Å². The van der Waals surface area contributed by atoms with Crippen molar-refractivity contribution in [2.24, 2.45) is 0 Å². The van der Waals surface area contributed by atoms with E-state index in [0.29, 0.717) is 22.9 Å². The molecule has 122 valence electrons. The predicted octanol–water partition coefficient (Wildman–Crippen LogP) is 3.72. The maximum atomic E-state index is 12.0. The van der Waals surface area contributed by atoms with Gasteiger partial charge >= 0.3 is 0 Å². The molecular formula is C18H20ClNO3. The highest BCUT2D eigenvalue weighted by Crippen LogP contribution is 2.27. The quantitative estimate of drug-likeness (QED) is 0.785. The molecule has 1 N–H and O–H groups in total. The second kappa shape index (κ2) is 8.44. The molecule has 0 saturated carbocycles. The summed E-state index contributed by atoms with van der Waals surface area (Å²) >= 11 is 5.81. The van der Waals surface area contributed by atoms with Crippen LogP contribution in [-0.4, -0.2) is 26.7 Å². The van der Waals surface area contributed by atoms with Crippen LogP contribution in [0.15, 0.2) is 42.5 Å². The Morgan fingerprint density at radius 2 is 1.74 bits per heavy atom. The lowest BCUT2D eigenvalue weighted by Crippen LogP contribution is -2.24. The Bertz CT molecular complexity index is 656. The zero-order valence-electron chi connectivity index (χ0n) is 13.3. The van der Waals surface area contributed by atoms with Gasteiger partial charge in [0.1, 0.15) is 0 Å². The monoisotopic (exact) mass is 333 g/mol. The van der Waals surface area contributed by atoms with Crippen molar-refractivity contribution in [3.63, 3.8) is 0 Å². The molecule has 0 spiro atoms. The number of amides is 1. The molecule has 23 heavy (non-hydrogen) atoms. The number of rotatable bonds is 7. The molecular weight excluding hydrogens is 314 g/mol. The average molecular weight is 334 g/mol. The molecule has 2 aromatic rings. The molecule has 1 amide bonds. The van der Waals surface area contributed by atoms with E-state index in [4.69, 9.17) is 21.1 Å². The molecule has 0 radical (unpaired) electrons. The van der Waals surface area contributed by atoms with Gasteiger partial charge in [0.2, 0.25) is 0 Å². The third-order valence-electron chi connectivity index (χ3n) is 3.48. The summed E-state index contributed by atoms with van der Waals surface area (Å²) in [4.78, 5) is 12.0. The van der Waals surface area contributed by atoms with Crippen molar-refractivity contribution in [3.05, 3.63) is 58.6 Å². The van der Waals surface area contributed by atoms with Crippen molar-refractivity contribution in [1.82, 2.24) is 5.32 Å². The van der Waals surface area contributed by atoms with Crippen LogP contribution in [-0.2, 0) is 6.42 Å². The lowest BCUT2D eigenvalue weighted by atomic mass is 10.1. The highest BCUT2D eigenvalue weighted by molar-refractivity contribution is 6.30. The van der Waals surface area contributed by atoms with Crippen molar-refractivity contribution in [2.45, 2.75) is 12.8 Å². The Balaban J connectivity index is 1.81. The summed E-state index contributed by atoms with van der Waals surface area (Å²) in [5.74, 6) is 1.34. The van der Waals surface area contributed by atoms with Gasteiger partial charge in [0.15, 0.2) is 11.5 Å². The summed E-state index contributed by atoms with van der Waals surface area (Å²) in [6.07, 6.45) is 1.69. The summed E-state index contributed by atoms with van der Waals surface area (Å²) in [7, 11) is 3.23. The van der Waals surface area contributed by atoms with Gasteiger partial charge in [-0.1, -0.05) is 17.7 Å². The summed E-state index contributed by atoms with van der Waals surface area (Å²) in [6.45, 7) is 0.607. The van der Waals surface area contributed by atoms with Crippen molar-refractivity contribution < 1.29 is 14.3 Å². The second-order valence-corrected chi connectivity index (χ2v) is 5.49. The van der Waals surface area contributed by atoms with Gasteiger partial charge in [-0.25, -0.2) is 0 Å². The van der Waals surface area contributed by atoms with Gasteiger partial charge < -0.3 is 14.8 Å². The molecule has 2 rings (SSSR count). The predicted molar refractivity (Wildman–Crippen MR) is 91.7 cm³/mol. The van der Waals surface area contributed by atoms with Crippen LogP contribution in [0.4, 0.5) is 0 Å². The Morgan fingerprint density at radius 3 is 2.39 bits per heavy atom. The van der Waals surface area contributed by atoms with Crippen molar-refractivity contribution in [2.75, 3.05) is 20.8 Å². The van der Waals surface area contributed by atoms with E-state index in [-0.39, 0.29) is 5.91 Å². The van der Waals surface area contributed by atoms with Crippen LogP contribution in [0.3, 0.4) is 0 Å². The van der Waals surface area contributed by atoms with Crippen LogP contribution in [0.2, 0.25) is 5.02 Å². The third kappa shape index (κ3) is 4.89. The van der Waals surface area contributed by atoms with Crippen LogP contribution >= 0.6 is 11.6 Å². The highest BCUT2D eigenvalue weighted by Gasteiger charge is 2.06. The molecule has 0 heterocycles. The number of benzene rings is 2. The molecule has 0 atom stereocenters. The lowest BCUT2D eigenvalue weighted by Gasteiger charge is -2.10. The third-order valence-corrected chi connectivity index (χ3v) is 3.73. The Hall–Kier alpha value is -2.20. The number of carbonyl (C=O) groups excluding carboxylic acids is 1. The van der Waals surface area contributed by atoms with Gasteiger partial charge in [-0.15, -0.1) is 0 Å². The standard InChI is InChI=1S/C18H20ClNO3/c1-22-16-10-5-13(12-17(16)23-2)4-3-11-20-18(21)14-6-8-15(19)9-7-14/h5-10,12H,3-4,11H2,1-2H3,(H,20,21). The molecule has 2 aromatic carbocycles. The first-order valence-corrected chi connectivity index (χ1v) is 7.76. The number of ether oxygens (including phenoxy) is 2. The van der Waals surface area contributed by atoms with Gasteiger partial charge in [0.05, 0.1) is 14.2 Å². The minimum atomic E-state index is -0.0889. The first-order chi connectivity index (χ1) is 11.1. The minimum absolute atomic E-state index is 0.0889. The summed E-state index contributed by atoms with van der Waals surface area (Å²) in [5, 5.41) is 3.52. The largest absolute Gasteiger partial charge is 0.493 e. The van der Waals surface area contributed by atoms with Crippen molar-refractivity contribution >= 4 is 17.5 Å². The number of hydrogen-bond donors (Lipinski definition) is 1. The van der Waals surface area contributed by atoms with E-state index in [1.165, 1.54) is 0 Å². The number of halogens is 1. The number of methoxy groups -OCH3 is 2. The van der Waals surface area contributed by atoms with Crippen LogP contribution < -0.4 is 14.8 Å². The summed E-state index contributed by atoms with van der Waals surface area (Å²) in [5.41, 5.74) is 1.75. The zero-order valence-corrected chi connectivity index (χ0v) is 14.0. The van der Waals surface area contributed by atoms with E-state index in [0.717, 1.165) is 24.2 Å². The van der Waals surface area contributed by atoms with Gasteiger partial charge in [0.25, 0.3) is 5.91 Å². The molecule has 0 fully saturated rings. The van der Waals surface area contributed by atoms with Crippen LogP contribution in [0, 0.1) is 0 Å². The first-order valence-electron chi connectivity index (χ1n) is 7.38. The van der Waals surface area contributed by atoms with Crippen molar-refractivity contribution in [3.8, 4) is 11.5 Å². The molecule has 4 nitrogen and oxygen atoms in total. The SMILES string of the molecule is COc1ccc(CCCNC(=O)c2ccc(Cl)cc2)cc1OC. The summed E-state index contributed by atoms with van der Waals surface area (Å²) < 4.78 is 10.5. The fourth-order valence-corrected chi connectivity index (χ4v) is 2.36. The minimum Gasteiger partial charge on any atom is -0.493 e. The number of carbonyl (C=O) groups is 1. The Labute approximate surface area is 141 Å². The van der Waals surface area contributed by atoms with Gasteiger partial charge in [-0.3, -0.25) is 4.79 Å². The van der Waals surface area contributed by atoms with E-state index in [2.05, 4.69) is 5.32 Å². The second-order valence-electron chi connectivity index (χ2n) is 5.06. The number of aryl methyl sites for hydroxylation is 1. The number of hydrogen-bond acceptors (Lipinski definition) is 3. The molecule has 0 aliphatic rings. The summed E-state index contributed by atoms with van der Waals surface area (Å²) in [6, 6.07) is 12.7. The molecule has 0 saturated heterocycles. The fraction of sp³-hybridized carbons (Fsp3) is 0.278. The zero-order chi connectivity index (χ0) is 16.7. The fourth-order valence-electron chi connectivity index (χ4n) is 2.23. The van der Waals surface area contributed by atoms with Gasteiger partial charge in [0, 0.05) is 17.1 Å². The molecule has 0 aliphatic heterocycles. The Kier molecular flexibility index (Phi) is 6.29. The molecule has 0 bridgehead atoms. The smallest absolute Gasteiger partial charge is 0.251 e. The van der Waals surface area contributed by atoms with E-state index in [1.54, 1.807) is 38.5 Å². The molecule has 5 heteroatoms. The van der Waals surface area contributed by atoms with E-state index < -0.39 is 0 Å². The maximum absolute atomic E-state index is 12.0. The normalized spacial score (nSPS) is 10.2.